The Hall–Kier alpha value is -1.18. The quantitative estimate of drug-likeness (QED) is 0.863. The molecule has 0 amide bonds. The van der Waals surface area contributed by atoms with Crippen molar-refractivity contribution in [2.24, 2.45) is 5.73 Å². The Morgan fingerprint density at radius 2 is 1.68 bits per heavy atom. The fraction of sp³-hybridized carbons (Fsp3) is 0.333. The van der Waals surface area contributed by atoms with Gasteiger partial charge in [0, 0.05) is 11.4 Å². The van der Waals surface area contributed by atoms with Crippen molar-refractivity contribution >= 4 is 19.7 Å². The molecule has 1 aromatic carbocycles. The molecule has 0 saturated carbocycles. The van der Waals surface area contributed by atoms with Gasteiger partial charge in [0.25, 0.3) is 0 Å². The van der Waals surface area contributed by atoms with Gasteiger partial charge >= 0.3 is 0 Å². The Kier molecular flexibility index (Phi) is 3.80. The van der Waals surface area contributed by atoms with Gasteiger partial charge in [0.2, 0.25) is 0 Å². The summed E-state index contributed by atoms with van der Waals surface area (Å²) in [6, 6.07) is 8.30. The topological polar surface area (TPSA) is 94.3 Å². The standard InChI is InChI=1S/C12H15NO4S2/c13-11(8-10-4-2-1-3-5-10)12-9-18(14,15)6-7-19(12,16)17/h1-5,9,11H,6-8,13H2. The maximum Gasteiger partial charge on any atom is 0.177 e. The number of rotatable bonds is 3. The summed E-state index contributed by atoms with van der Waals surface area (Å²) >= 11 is 0. The van der Waals surface area contributed by atoms with Crippen molar-refractivity contribution in [3.63, 3.8) is 0 Å². The van der Waals surface area contributed by atoms with Crippen molar-refractivity contribution in [3.8, 4) is 0 Å². The van der Waals surface area contributed by atoms with E-state index in [0.29, 0.717) is 6.42 Å². The third kappa shape index (κ3) is 3.43. The Morgan fingerprint density at radius 1 is 1.05 bits per heavy atom. The zero-order chi connectivity index (χ0) is 14.1. The second kappa shape index (κ2) is 5.07. The molecule has 0 bridgehead atoms. The van der Waals surface area contributed by atoms with Crippen LogP contribution in [0.2, 0.25) is 0 Å². The highest BCUT2D eigenvalue weighted by molar-refractivity contribution is 8.01. The van der Waals surface area contributed by atoms with E-state index in [2.05, 4.69) is 0 Å². The molecule has 0 aliphatic carbocycles. The van der Waals surface area contributed by atoms with Crippen LogP contribution < -0.4 is 5.73 Å². The second-order valence-corrected chi connectivity index (χ2v) is 8.58. The van der Waals surface area contributed by atoms with E-state index in [1.54, 1.807) is 0 Å². The molecular weight excluding hydrogens is 286 g/mol. The SMILES string of the molecule is NC(Cc1ccccc1)C1=CS(=O)(=O)CCS1(=O)=O. The van der Waals surface area contributed by atoms with E-state index in [9.17, 15) is 16.8 Å². The van der Waals surface area contributed by atoms with Crippen LogP contribution in [-0.2, 0) is 26.1 Å². The molecule has 0 spiro atoms. The molecule has 7 heteroatoms. The molecule has 1 aliphatic heterocycles. The van der Waals surface area contributed by atoms with Gasteiger partial charge in [-0.05, 0) is 12.0 Å². The van der Waals surface area contributed by atoms with Gasteiger partial charge in [-0.25, -0.2) is 16.8 Å². The monoisotopic (exact) mass is 301 g/mol. The Bertz CT molecular complexity index is 691. The van der Waals surface area contributed by atoms with Gasteiger partial charge in [0.1, 0.15) is 0 Å². The molecular formula is C12H15NO4S2. The van der Waals surface area contributed by atoms with E-state index in [-0.39, 0.29) is 16.4 Å². The minimum atomic E-state index is -3.56. The van der Waals surface area contributed by atoms with Gasteiger partial charge in [0.15, 0.2) is 19.7 Å². The van der Waals surface area contributed by atoms with Gasteiger partial charge < -0.3 is 5.73 Å². The maximum absolute atomic E-state index is 11.9. The predicted molar refractivity (Wildman–Crippen MR) is 73.8 cm³/mol. The zero-order valence-electron chi connectivity index (χ0n) is 10.2. The predicted octanol–water partition coefficient (Wildman–Crippen LogP) is 0.241. The molecule has 0 fully saturated rings. The molecule has 1 aliphatic rings. The largest absolute Gasteiger partial charge is 0.323 e. The van der Waals surface area contributed by atoms with E-state index in [4.69, 9.17) is 5.73 Å². The molecule has 1 atom stereocenters. The first-order valence-electron chi connectivity index (χ1n) is 5.77. The first-order valence-corrected chi connectivity index (χ1v) is 9.13. The molecule has 1 unspecified atom stereocenters. The summed E-state index contributed by atoms with van der Waals surface area (Å²) in [6.07, 6.45) is 0.293. The smallest absolute Gasteiger partial charge is 0.177 e. The van der Waals surface area contributed by atoms with Gasteiger partial charge in [-0.2, -0.15) is 0 Å². The normalized spacial score (nSPS) is 22.5. The third-order valence-electron chi connectivity index (χ3n) is 2.96. The van der Waals surface area contributed by atoms with E-state index in [0.717, 1.165) is 11.0 Å². The van der Waals surface area contributed by atoms with Crippen LogP contribution in [0.15, 0.2) is 40.6 Å². The van der Waals surface area contributed by atoms with Gasteiger partial charge in [0.05, 0.1) is 16.4 Å². The fourth-order valence-corrected chi connectivity index (χ4v) is 6.20. The maximum atomic E-state index is 11.9. The minimum Gasteiger partial charge on any atom is -0.323 e. The molecule has 0 radical (unpaired) electrons. The second-order valence-electron chi connectivity index (χ2n) is 4.50. The number of hydrogen-bond donors (Lipinski definition) is 1. The first kappa shape index (κ1) is 14.2. The first-order chi connectivity index (χ1) is 8.80. The summed E-state index contributed by atoms with van der Waals surface area (Å²) < 4.78 is 46.8. The number of sulfone groups is 2. The lowest BCUT2D eigenvalue weighted by Gasteiger charge is -2.19. The van der Waals surface area contributed by atoms with Gasteiger partial charge in [-0.3, -0.25) is 0 Å². The van der Waals surface area contributed by atoms with Gasteiger partial charge in [-0.1, -0.05) is 30.3 Å². The summed E-state index contributed by atoms with van der Waals surface area (Å²) in [5, 5.41) is 0.819. The molecule has 0 saturated heterocycles. The van der Waals surface area contributed by atoms with E-state index in [1.165, 1.54) is 0 Å². The average molecular weight is 301 g/mol. The third-order valence-corrected chi connectivity index (χ3v) is 6.63. The van der Waals surface area contributed by atoms with Crippen molar-refractivity contribution < 1.29 is 16.8 Å². The highest BCUT2D eigenvalue weighted by Gasteiger charge is 2.32. The number of hydrogen-bond acceptors (Lipinski definition) is 5. The lowest BCUT2D eigenvalue weighted by Crippen LogP contribution is -2.35. The lowest BCUT2D eigenvalue weighted by molar-refractivity contribution is 0.587. The molecule has 2 N–H and O–H groups in total. The zero-order valence-corrected chi connectivity index (χ0v) is 11.8. The van der Waals surface area contributed by atoms with Gasteiger partial charge in [-0.15, -0.1) is 0 Å². The Labute approximate surface area is 113 Å². The summed E-state index contributed by atoms with van der Waals surface area (Å²) in [5.74, 6) is -0.749. The number of nitrogens with two attached hydrogens (primary N) is 1. The van der Waals surface area contributed by atoms with E-state index < -0.39 is 25.7 Å². The van der Waals surface area contributed by atoms with Crippen LogP contribution in [0.1, 0.15) is 5.56 Å². The van der Waals surface area contributed by atoms with Crippen LogP contribution in [0.5, 0.6) is 0 Å². The highest BCUT2D eigenvalue weighted by Crippen LogP contribution is 2.21. The van der Waals surface area contributed by atoms with Crippen molar-refractivity contribution in [2.45, 2.75) is 12.5 Å². The highest BCUT2D eigenvalue weighted by atomic mass is 32.2. The van der Waals surface area contributed by atoms with Crippen LogP contribution in [-0.4, -0.2) is 34.4 Å². The molecule has 1 aromatic rings. The fourth-order valence-electron chi connectivity index (χ4n) is 1.94. The van der Waals surface area contributed by atoms with Crippen molar-refractivity contribution in [3.05, 3.63) is 46.2 Å². The van der Waals surface area contributed by atoms with Crippen LogP contribution >= 0.6 is 0 Å². The van der Waals surface area contributed by atoms with Crippen molar-refractivity contribution in [1.29, 1.82) is 0 Å². The summed E-state index contributed by atoms with van der Waals surface area (Å²) in [6.45, 7) is 0. The van der Waals surface area contributed by atoms with Crippen molar-refractivity contribution in [1.82, 2.24) is 0 Å². The Balaban J connectivity index is 2.31. The van der Waals surface area contributed by atoms with E-state index in [1.807, 2.05) is 30.3 Å². The van der Waals surface area contributed by atoms with E-state index >= 15 is 0 Å². The number of benzene rings is 1. The molecule has 19 heavy (non-hydrogen) atoms. The van der Waals surface area contributed by atoms with Crippen molar-refractivity contribution in [2.75, 3.05) is 11.5 Å². The van der Waals surface area contributed by atoms with Crippen LogP contribution in [0.4, 0.5) is 0 Å². The summed E-state index contributed by atoms with van der Waals surface area (Å²) in [5.41, 5.74) is 6.73. The van der Waals surface area contributed by atoms with Crippen LogP contribution in [0.3, 0.4) is 0 Å². The molecule has 104 valence electrons. The average Bonchev–Trinajstić information content (AvgIpc) is 2.34. The lowest BCUT2D eigenvalue weighted by atomic mass is 10.1. The molecule has 0 aromatic heterocycles. The summed E-state index contributed by atoms with van der Waals surface area (Å²) in [7, 11) is -7.02. The minimum absolute atomic E-state index is 0.178. The van der Waals surface area contributed by atoms with Crippen LogP contribution in [0.25, 0.3) is 0 Å². The summed E-state index contributed by atoms with van der Waals surface area (Å²) in [4.78, 5) is -0.178. The Morgan fingerprint density at radius 3 is 2.32 bits per heavy atom. The molecule has 2 rings (SSSR count). The molecule has 1 heterocycles. The molecule has 5 nitrogen and oxygen atoms in total. The van der Waals surface area contributed by atoms with Crippen LogP contribution in [0, 0.1) is 0 Å².